The quantitative estimate of drug-likeness (QED) is 0.632. The van der Waals surface area contributed by atoms with E-state index in [9.17, 15) is 0 Å². The summed E-state index contributed by atoms with van der Waals surface area (Å²) in [5.41, 5.74) is 1.27. The molecule has 0 aliphatic carbocycles. The van der Waals surface area contributed by atoms with E-state index in [1.54, 1.807) is 0 Å². The van der Waals surface area contributed by atoms with Crippen LogP contribution in [0.2, 0.25) is 5.02 Å². The first kappa shape index (κ1) is 14.2. The van der Waals surface area contributed by atoms with Crippen LogP contribution in [-0.2, 0) is 6.42 Å². The Morgan fingerprint density at radius 1 is 1.06 bits per heavy atom. The predicted octanol–water partition coefficient (Wildman–Crippen LogP) is 5.15. The highest BCUT2D eigenvalue weighted by molar-refractivity contribution is 6.30. The van der Waals surface area contributed by atoms with Crippen LogP contribution in [0.4, 0.5) is 0 Å². The Morgan fingerprint density at radius 2 is 1.62 bits per heavy atom. The second-order valence-corrected chi connectivity index (χ2v) is 5.29. The molecule has 0 atom stereocenters. The average molecular weight is 280 g/mol. The average Bonchev–Trinajstić information content (AvgIpc) is 2.31. The fraction of sp³-hybridized carbons (Fsp3) is 0.538. The molecule has 0 aromatic heterocycles. The lowest BCUT2D eigenvalue weighted by atomic mass is 9.81. The zero-order valence-corrected chi connectivity index (χ0v) is 11.7. The van der Waals surface area contributed by atoms with Crippen LogP contribution >= 0.6 is 34.8 Å². The highest BCUT2D eigenvalue weighted by Gasteiger charge is 2.27. The Kier molecular flexibility index (Phi) is 5.96. The molecular formula is C13H17Cl3. The van der Waals surface area contributed by atoms with Gasteiger partial charge in [0, 0.05) is 22.2 Å². The summed E-state index contributed by atoms with van der Waals surface area (Å²) in [5.74, 6) is 1.21. The first-order valence-corrected chi connectivity index (χ1v) is 6.97. The van der Waals surface area contributed by atoms with Crippen molar-refractivity contribution >= 4 is 34.8 Å². The second-order valence-electron chi connectivity index (χ2n) is 4.32. The summed E-state index contributed by atoms with van der Waals surface area (Å²) in [5, 5.41) is 0.765. The van der Waals surface area contributed by atoms with Crippen molar-refractivity contribution in [3.05, 3.63) is 34.9 Å². The summed E-state index contributed by atoms with van der Waals surface area (Å²) in [4.78, 5) is 0. The molecular weight excluding hydrogens is 263 g/mol. The van der Waals surface area contributed by atoms with Crippen LogP contribution in [0.25, 0.3) is 0 Å². The number of hydrogen-bond donors (Lipinski definition) is 0. The molecule has 16 heavy (non-hydrogen) atoms. The van der Waals surface area contributed by atoms with Crippen LogP contribution in [0.1, 0.15) is 25.3 Å². The molecule has 0 amide bonds. The molecule has 3 heteroatoms. The Bertz CT molecular complexity index is 301. The van der Waals surface area contributed by atoms with Crippen molar-refractivity contribution in [2.45, 2.75) is 26.2 Å². The van der Waals surface area contributed by atoms with Crippen molar-refractivity contribution < 1.29 is 0 Å². The lowest BCUT2D eigenvalue weighted by molar-refractivity contribution is 0.341. The predicted molar refractivity (Wildman–Crippen MR) is 73.9 cm³/mol. The topological polar surface area (TPSA) is 0 Å². The van der Waals surface area contributed by atoms with E-state index in [4.69, 9.17) is 34.8 Å². The van der Waals surface area contributed by atoms with Gasteiger partial charge in [-0.05, 0) is 30.5 Å². The standard InChI is InChI=1S/C13H17Cl3/c1-2-7-13(9-14,10-15)8-11-3-5-12(16)6-4-11/h3-6H,2,7-10H2,1H3. The first-order valence-electron chi connectivity index (χ1n) is 5.52. The van der Waals surface area contributed by atoms with Crippen LogP contribution in [-0.4, -0.2) is 11.8 Å². The van der Waals surface area contributed by atoms with Crippen LogP contribution < -0.4 is 0 Å². The molecule has 0 bridgehead atoms. The summed E-state index contributed by atoms with van der Waals surface area (Å²) in [6.07, 6.45) is 3.08. The van der Waals surface area contributed by atoms with Crippen molar-refractivity contribution in [3.63, 3.8) is 0 Å². The van der Waals surface area contributed by atoms with Crippen LogP contribution in [0.3, 0.4) is 0 Å². The van der Waals surface area contributed by atoms with Gasteiger partial charge in [0.15, 0.2) is 0 Å². The number of alkyl halides is 2. The normalized spacial score (nSPS) is 11.8. The molecule has 0 N–H and O–H groups in total. The Balaban J connectivity index is 2.78. The van der Waals surface area contributed by atoms with E-state index in [0.717, 1.165) is 24.3 Å². The lowest BCUT2D eigenvalue weighted by Gasteiger charge is -2.29. The molecule has 0 heterocycles. The van der Waals surface area contributed by atoms with Gasteiger partial charge < -0.3 is 0 Å². The molecule has 1 aromatic carbocycles. The number of rotatable bonds is 6. The summed E-state index contributed by atoms with van der Waals surface area (Å²) in [7, 11) is 0. The largest absolute Gasteiger partial charge is 0.126 e. The van der Waals surface area contributed by atoms with Crippen molar-refractivity contribution in [1.29, 1.82) is 0 Å². The minimum Gasteiger partial charge on any atom is -0.126 e. The maximum Gasteiger partial charge on any atom is 0.0406 e. The number of benzene rings is 1. The number of hydrogen-bond acceptors (Lipinski definition) is 0. The lowest BCUT2D eigenvalue weighted by Crippen LogP contribution is -2.27. The van der Waals surface area contributed by atoms with Gasteiger partial charge in [0.1, 0.15) is 0 Å². The fourth-order valence-electron chi connectivity index (χ4n) is 1.92. The van der Waals surface area contributed by atoms with Crippen molar-refractivity contribution in [2.24, 2.45) is 5.41 Å². The van der Waals surface area contributed by atoms with Gasteiger partial charge in [-0.25, -0.2) is 0 Å². The smallest absolute Gasteiger partial charge is 0.0406 e. The molecule has 0 unspecified atom stereocenters. The highest BCUT2D eigenvalue weighted by atomic mass is 35.5. The van der Waals surface area contributed by atoms with Gasteiger partial charge in [0.25, 0.3) is 0 Å². The van der Waals surface area contributed by atoms with Gasteiger partial charge in [0.2, 0.25) is 0 Å². The Morgan fingerprint density at radius 3 is 2.06 bits per heavy atom. The number of halogens is 3. The second kappa shape index (κ2) is 6.74. The molecule has 0 saturated heterocycles. The molecule has 0 fully saturated rings. The van der Waals surface area contributed by atoms with Crippen molar-refractivity contribution in [3.8, 4) is 0 Å². The minimum absolute atomic E-state index is 0.0195. The maximum absolute atomic E-state index is 6.07. The SMILES string of the molecule is CCCC(CCl)(CCl)Cc1ccc(Cl)cc1. The van der Waals surface area contributed by atoms with E-state index < -0.39 is 0 Å². The molecule has 0 radical (unpaired) electrons. The van der Waals surface area contributed by atoms with E-state index in [1.165, 1.54) is 5.56 Å². The zero-order chi connectivity index (χ0) is 12.0. The third-order valence-electron chi connectivity index (χ3n) is 2.84. The third-order valence-corrected chi connectivity index (χ3v) is 4.23. The third kappa shape index (κ3) is 3.84. The molecule has 0 nitrogen and oxygen atoms in total. The summed E-state index contributed by atoms with van der Waals surface area (Å²) in [6.45, 7) is 2.16. The zero-order valence-electron chi connectivity index (χ0n) is 9.48. The van der Waals surface area contributed by atoms with E-state index in [-0.39, 0.29) is 5.41 Å². The minimum atomic E-state index is 0.0195. The van der Waals surface area contributed by atoms with Gasteiger partial charge in [0.05, 0.1) is 0 Å². The van der Waals surface area contributed by atoms with Gasteiger partial charge in [-0.1, -0.05) is 37.1 Å². The van der Waals surface area contributed by atoms with Crippen LogP contribution in [0.15, 0.2) is 24.3 Å². The van der Waals surface area contributed by atoms with Crippen molar-refractivity contribution in [2.75, 3.05) is 11.8 Å². The van der Waals surface area contributed by atoms with E-state index in [2.05, 4.69) is 6.92 Å². The molecule has 0 aliphatic rings. The molecule has 0 spiro atoms. The van der Waals surface area contributed by atoms with E-state index in [1.807, 2.05) is 24.3 Å². The van der Waals surface area contributed by atoms with Crippen LogP contribution in [0, 0.1) is 5.41 Å². The first-order chi connectivity index (χ1) is 7.65. The summed E-state index contributed by atoms with van der Waals surface area (Å²) >= 11 is 18.0. The van der Waals surface area contributed by atoms with Crippen LogP contribution in [0.5, 0.6) is 0 Å². The Hall–Kier alpha value is 0.0900. The molecule has 0 aliphatic heterocycles. The van der Waals surface area contributed by atoms with E-state index in [0.29, 0.717) is 11.8 Å². The molecule has 90 valence electrons. The molecule has 1 rings (SSSR count). The van der Waals surface area contributed by atoms with Gasteiger partial charge in [-0.2, -0.15) is 0 Å². The van der Waals surface area contributed by atoms with Gasteiger partial charge >= 0.3 is 0 Å². The monoisotopic (exact) mass is 278 g/mol. The van der Waals surface area contributed by atoms with Gasteiger partial charge in [-0.15, -0.1) is 23.2 Å². The highest BCUT2D eigenvalue weighted by Crippen LogP contribution is 2.32. The maximum atomic E-state index is 6.07. The van der Waals surface area contributed by atoms with Crippen molar-refractivity contribution in [1.82, 2.24) is 0 Å². The molecule has 1 aromatic rings. The fourth-order valence-corrected chi connectivity index (χ4v) is 2.79. The Labute approximate surface area is 113 Å². The summed E-state index contributed by atoms with van der Waals surface area (Å²) in [6, 6.07) is 7.92. The molecule has 0 saturated carbocycles. The van der Waals surface area contributed by atoms with E-state index >= 15 is 0 Å². The van der Waals surface area contributed by atoms with Gasteiger partial charge in [-0.3, -0.25) is 0 Å². The summed E-state index contributed by atoms with van der Waals surface area (Å²) < 4.78 is 0.